The first-order valence-corrected chi connectivity index (χ1v) is 7.24. The van der Waals surface area contributed by atoms with E-state index in [1.165, 1.54) is 4.90 Å². The second-order valence-corrected chi connectivity index (χ2v) is 5.44. The Labute approximate surface area is 122 Å². The lowest BCUT2D eigenvalue weighted by molar-refractivity contribution is -0.148. The molecule has 0 bridgehead atoms. The van der Waals surface area contributed by atoms with Crippen LogP contribution in [0.15, 0.2) is 30.5 Å². The van der Waals surface area contributed by atoms with Crippen LogP contribution in [0.5, 0.6) is 0 Å². The van der Waals surface area contributed by atoms with Crippen LogP contribution in [0.25, 0.3) is 10.9 Å². The molecule has 5 nitrogen and oxygen atoms in total. The van der Waals surface area contributed by atoms with Crippen molar-refractivity contribution < 1.29 is 14.7 Å². The number of para-hydroxylation sites is 1. The third kappa shape index (κ3) is 2.63. The number of aryl methyl sites for hydroxylation is 1. The van der Waals surface area contributed by atoms with E-state index in [4.69, 9.17) is 5.11 Å². The Morgan fingerprint density at radius 2 is 2.14 bits per heavy atom. The van der Waals surface area contributed by atoms with E-state index < -0.39 is 12.0 Å². The average molecular weight is 286 g/mol. The van der Waals surface area contributed by atoms with Crippen molar-refractivity contribution in [1.29, 1.82) is 0 Å². The molecule has 2 heterocycles. The number of hydrogen-bond acceptors (Lipinski definition) is 2. The van der Waals surface area contributed by atoms with Gasteiger partial charge in [0.2, 0.25) is 5.91 Å². The van der Waals surface area contributed by atoms with Crippen LogP contribution in [0.2, 0.25) is 0 Å². The number of carboxylic acid groups (broad SMARTS) is 1. The number of benzene rings is 1. The second kappa shape index (κ2) is 5.60. The molecule has 0 radical (unpaired) electrons. The van der Waals surface area contributed by atoms with Crippen LogP contribution in [-0.4, -0.2) is 39.5 Å². The number of rotatable bonds is 4. The van der Waals surface area contributed by atoms with Gasteiger partial charge in [-0.2, -0.15) is 0 Å². The molecule has 1 saturated heterocycles. The molecule has 1 aliphatic heterocycles. The van der Waals surface area contributed by atoms with E-state index >= 15 is 0 Å². The van der Waals surface area contributed by atoms with Gasteiger partial charge >= 0.3 is 5.97 Å². The van der Waals surface area contributed by atoms with Crippen LogP contribution in [-0.2, 0) is 16.0 Å². The van der Waals surface area contributed by atoms with Crippen molar-refractivity contribution in [3.63, 3.8) is 0 Å². The third-order valence-corrected chi connectivity index (χ3v) is 4.14. The van der Waals surface area contributed by atoms with Crippen LogP contribution in [0.1, 0.15) is 24.8 Å². The zero-order valence-electron chi connectivity index (χ0n) is 11.7. The Kier molecular flexibility index (Phi) is 3.64. The number of amides is 1. The van der Waals surface area contributed by atoms with Crippen molar-refractivity contribution in [2.45, 2.75) is 31.7 Å². The normalized spacial score (nSPS) is 18.3. The molecule has 21 heavy (non-hydrogen) atoms. The largest absolute Gasteiger partial charge is 0.480 e. The van der Waals surface area contributed by atoms with Crippen LogP contribution in [0, 0.1) is 0 Å². The highest BCUT2D eigenvalue weighted by atomic mass is 16.4. The third-order valence-electron chi connectivity index (χ3n) is 4.14. The molecule has 2 aromatic rings. The van der Waals surface area contributed by atoms with E-state index in [9.17, 15) is 9.59 Å². The first-order chi connectivity index (χ1) is 10.2. The summed E-state index contributed by atoms with van der Waals surface area (Å²) in [5.41, 5.74) is 2.16. The minimum absolute atomic E-state index is 0.0646. The quantitative estimate of drug-likeness (QED) is 0.904. The van der Waals surface area contributed by atoms with Crippen molar-refractivity contribution in [2.24, 2.45) is 0 Å². The number of carbonyl (C=O) groups excluding carboxylic acids is 1. The highest BCUT2D eigenvalue weighted by Gasteiger charge is 2.33. The second-order valence-electron chi connectivity index (χ2n) is 5.44. The van der Waals surface area contributed by atoms with Gasteiger partial charge in [0.25, 0.3) is 0 Å². The summed E-state index contributed by atoms with van der Waals surface area (Å²) < 4.78 is 0. The average Bonchev–Trinajstić information content (AvgIpc) is 3.12. The van der Waals surface area contributed by atoms with Crippen molar-refractivity contribution in [3.05, 3.63) is 36.0 Å². The fourth-order valence-electron chi connectivity index (χ4n) is 3.05. The molecular formula is C16H18N2O3. The number of carbonyl (C=O) groups is 2. The summed E-state index contributed by atoms with van der Waals surface area (Å²) in [6.45, 7) is 0.559. The predicted octanol–water partition coefficient (Wildman–Crippen LogP) is 2.18. The Hall–Kier alpha value is -2.30. The molecule has 1 aromatic carbocycles. The standard InChI is InChI=1S/C16H18N2O3/c19-15(18-9-3-6-14(18)16(20)21)8-7-11-10-17-13-5-2-1-4-12(11)13/h1-2,4-5,10,14,17H,3,6-9H2,(H,20,21)/t14-/m1/s1. The molecule has 1 fully saturated rings. The lowest BCUT2D eigenvalue weighted by Gasteiger charge is -2.21. The van der Waals surface area contributed by atoms with Gasteiger partial charge in [0.1, 0.15) is 6.04 Å². The van der Waals surface area contributed by atoms with Crippen LogP contribution in [0.4, 0.5) is 0 Å². The summed E-state index contributed by atoms with van der Waals surface area (Å²) in [5.74, 6) is -0.960. The van der Waals surface area contributed by atoms with Crippen molar-refractivity contribution in [2.75, 3.05) is 6.54 Å². The molecule has 3 rings (SSSR count). The summed E-state index contributed by atoms with van der Waals surface area (Å²) in [7, 11) is 0. The number of hydrogen-bond donors (Lipinski definition) is 2. The van der Waals surface area contributed by atoms with E-state index in [1.54, 1.807) is 0 Å². The molecule has 1 aliphatic rings. The maximum absolute atomic E-state index is 12.2. The summed E-state index contributed by atoms with van der Waals surface area (Å²) in [5, 5.41) is 10.3. The van der Waals surface area contributed by atoms with Gasteiger partial charge in [-0.3, -0.25) is 4.79 Å². The van der Waals surface area contributed by atoms with Crippen LogP contribution < -0.4 is 0 Å². The lowest BCUT2D eigenvalue weighted by Crippen LogP contribution is -2.40. The van der Waals surface area contributed by atoms with E-state index in [-0.39, 0.29) is 5.91 Å². The van der Waals surface area contributed by atoms with E-state index in [0.29, 0.717) is 25.8 Å². The van der Waals surface area contributed by atoms with Gasteiger partial charge in [-0.15, -0.1) is 0 Å². The highest BCUT2D eigenvalue weighted by Crippen LogP contribution is 2.22. The number of aliphatic carboxylic acids is 1. The van der Waals surface area contributed by atoms with Gasteiger partial charge in [-0.1, -0.05) is 18.2 Å². The number of aromatic amines is 1. The maximum atomic E-state index is 12.2. The number of fused-ring (bicyclic) bond motifs is 1. The lowest BCUT2D eigenvalue weighted by atomic mass is 10.1. The van der Waals surface area contributed by atoms with Crippen molar-refractivity contribution >= 4 is 22.8 Å². The molecule has 0 saturated carbocycles. The summed E-state index contributed by atoms with van der Waals surface area (Å²) >= 11 is 0. The fourth-order valence-corrected chi connectivity index (χ4v) is 3.05. The zero-order chi connectivity index (χ0) is 14.8. The van der Waals surface area contributed by atoms with Crippen molar-refractivity contribution in [3.8, 4) is 0 Å². The molecular weight excluding hydrogens is 268 g/mol. The number of nitrogens with zero attached hydrogens (tertiary/aromatic N) is 1. The molecule has 5 heteroatoms. The van der Waals surface area contributed by atoms with Gasteiger partial charge in [-0.05, 0) is 30.9 Å². The maximum Gasteiger partial charge on any atom is 0.326 e. The minimum atomic E-state index is -0.895. The number of H-pyrrole nitrogens is 1. The Balaban J connectivity index is 1.67. The molecule has 1 aromatic heterocycles. The highest BCUT2D eigenvalue weighted by molar-refractivity contribution is 5.86. The first-order valence-electron chi connectivity index (χ1n) is 7.24. The monoisotopic (exact) mass is 286 g/mol. The molecule has 2 N–H and O–H groups in total. The Bertz CT molecular complexity index is 677. The summed E-state index contributed by atoms with van der Waals surface area (Å²) in [6.07, 6.45) is 4.25. The fraction of sp³-hybridized carbons (Fsp3) is 0.375. The zero-order valence-corrected chi connectivity index (χ0v) is 11.7. The summed E-state index contributed by atoms with van der Waals surface area (Å²) in [4.78, 5) is 28.1. The van der Waals surface area contributed by atoms with Gasteiger partial charge in [0, 0.05) is 30.1 Å². The molecule has 110 valence electrons. The number of carboxylic acids is 1. The van der Waals surface area contributed by atoms with Crippen LogP contribution >= 0.6 is 0 Å². The van der Waals surface area contributed by atoms with Gasteiger partial charge in [0.05, 0.1) is 0 Å². The molecule has 0 unspecified atom stereocenters. The Morgan fingerprint density at radius 3 is 2.95 bits per heavy atom. The molecule has 0 spiro atoms. The smallest absolute Gasteiger partial charge is 0.326 e. The van der Waals surface area contributed by atoms with E-state index in [0.717, 1.165) is 22.9 Å². The topological polar surface area (TPSA) is 73.4 Å². The predicted molar refractivity (Wildman–Crippen MR) is 79.0 cm³/mol. The van der Waals surface area contributed by atoms with Crippen molar-refractivity contribution in [1.82, 2.24) is 9.88 Å². The SMILES string of the molecule is O=C(O)[C@H]1CCCN1C(=O)CCc1c[nH]c2ccccc12. The van der Waals surface area contributed by atoms with E-state index in [1.807, 2.05) is 30.5 Å². The minimum Gasteiger partial charge on any atom is -0.480 e. The van der Waals surface area contributed by atoms with Crippen LogP contribution in [0.3, 0.4) is 0 Å². The Morgan fingerprint density at radius 1 is 1.33 bits per heavy atom. The van der Waals surface area contributed by atoms with Gasteiger partial charge < -0.3 is 15.0 Å². The molecule has 1 atom stereocenters. The number of nitrogens with one attached hydrogen (secondary N) is 1. The van der Waals surface area contributed by atoms with Gasteiger partial charge in [0.15, 0.2) is 0 Å². The van der Waals surface area contributed by atoms with Gasteiger partial charge in [-0.25, -0.2) is 4.79 Å². The number of aromatic nitrogens is 1. The first kappa shape index (κ1) is 13.7. The summed E-state index contributed by atoms with van der Waals surface area (Å²) in [6, 6.07) is 7.33. The number of likely N-dealkylation sites (tertiary alicyclic amines) is 1. The molecule has 0 aliphatic carbocycles. The van der Waals surface area contributed by atoms with E-state index in [2.05, 4.69) is 4.98 Å². The molecule has 1 amide bonds.